The van der Waals surface area contributed by atoms with Gasteiger partial charge < -0.3 is 11.1 Å². The van der Waals surface area contributed by atoms with Crippen molar-refractivity contribution in [2.75, 3.05) is 6.54 Å². The summed E-state index contributed by atoms with van der Waals surface area (Å²) in [6, 6.07) is 2.09. The quantitative estimate of drug-likeness (QED) is 0.834. The zero-order valence-electron chi connectivity index (χ0n) is 9.62. The molecule has 1 aromatic rings. The lowest BCUT2D eigenvalue weighted by atomic mass is 10.1. The first-order chi connectivity index (χ1) is 8.19. The molecule has 1 aliphatic rings. The highest BCUT2D eigenvalue weighted by Gasteiger charge is 2.30. The molecule has 1 heterocycles. The lowest BCUT2D eigenvalue weighted by Crippen LogP contribution is -2.41. The number of amides is 1. The molecule has 1 atom stereocenters. The van der Waals surface area contributed by atoms with E-state index < -0.39 is 0 Å². The fourth-order valence-corrected chi connectivity index (χ4v) is 2.95. The lowest BCUT2D eigenvalue weighted by molar-refractivity contribution is -0.121. The predicted molar refractivity (Wildman–Crippen MR) is 71.4 cm³/mol. The third kappa shape index (κ3) is 3.98. The van der Waals surface area contributed by atoms with Gasteiger partial charge in [-0.3, -0.25) is 4.79 Å². The Labute approximate surface area is 110 Å². The third-order valence-electron chi connectivity index (χ3n) is 3.01. The van der Waals surface area contributed by atoms with Crippen LogP contribution in [0.15, 0.2) is 11.4 Å². The summed E-state index contributed by atoms with van der Waals surface area (Å²) in [6.45, 7) is 0.543. The van der Waals surface area contributed by atoms with Gasteiger partial charge in [-0.05, 0) is 31.2 Å². The highest BCUT2D eigenvalue weighted by Crippen LogP contribution is 2.32. The summed E-state index contributed by atoms with van der Waals surface area (Å²) in [6.07, 6.45) is 3.66. The topological polar surface area (TPSA) is 55.1 Å². The van der Waals surface area contributed by atoms with Crippen LogP contribution in [-0.2, 0) is 11.2 Å². The summed E-state index contributed by atoms with van der Waals surface area (Å²) in [5.74, 6) is 0.706. The van der Waals surface area contributed by atoms with E-state index in [4.69, 9.17) is 17.3 Å². The molecule has 1 fully saturated rings. The first-order valence-corrected chi connectivity index (χ1v) is 7.17. The number of rotatable bonds is 6. The molecule has 0 radical (unpaired) electrons. The van der Waals surface area contributed by atoms with Gasteiger partial charge in [0, 0.05) is 29.3 Å². The molecule has 1 saturated carbocycles. The molecule has 0 aromatic carbocycles. The zero-order chi connectivity index (χ0) is 12.3. The van der Waals surface area contributed by atoms with Crippen molar-refractivity contribution in [2.24, 2.45) is 11.7 Å². The normalized spacial score (nSPS) is 16.8. The van der Waals surface area contributed by atoms with E-state index in [0.29, 0.717) is 18.9 Å². The van der Waals surface area contributed by atoms with E-state index >= 15 is 0 Å². The molecule has 0 aliphatic heterocycles. The van der Waals surface area contributed by atoms with Gasteiger partial charge in [-0.15, -0.1) is 11.3 Å². The minimum absolute atomic E-state index is 0.0943. The fourth-order valence-electron chi connectivity index (χ4n) is 1.87. The van der Waals surface area contributed by atoms with Crippen molar-refractivity contribution in [1.29, 1.82) is 0 Å². The summed E-state index contributed by atoms with van der Waals surface area (Å²) >= 11 is 7.42. The van der Waals surface area contributed by atoms with Crippen molar-refractivity contribution in [3.8, 4) is 0 Å². The second kappa shape index (κ2) is 5.85. The van der Waals surface area contributed by atoms with E-state index in [-0.39, 0.29) is 11.9 Å². The molecule has 3 nitrogen and oxygen atoms in total. The number of nitrogens with one attached hydrogen (secondary N) is 1. The van der Waals surface area contributed by atoms with E-state index in [1.807, 2.05) is 11.4 Å². The Balaban J connectivity index is 1.73. The number of hydrogen-bond acceptors (Lipinski definition) is 3. The molecule has 2 rings (SSSR count). The van der Waals surface area contributed by atoms with Crippen molar-refractivity contribution in [3.63, 3.8) is 0 Å². The SMILES string of the molecule is NCC(NC(=O)CCc1cc(Cl)cs1)C1CC1. The monoisotopic (exact) mass is 272 g/mol. The van der Waals surface area contributed by atoms with Crippen LogP contribution in [-0.4, -0.2) is 18.5 Å². The third-order valence-corrected chi connectivity index (χ3v) is 4.36. The highest BCUT2D eigenvalue weighted by atomic mass is 35.5. The van der Waals surface area contributed by atoms with Crippen molar-refractivity contribution in [2.45, 2.75) is 31.7 Å². The van der Waals surface area contributed by atoms with Gasteiger partial charge in [0.2, 0.25) is 5.91 Å². The van der Waals surface area contributed by atoms with E-state index in [1.54, 1.807) is 11.3 Å². The van der Waals surface area contributed by atoms with E-state index in [9.17, 15) is 4.79 Å². The summed E-state index contributed by atoms with van der Waals surface area (Å²) in [4.78, 5) is 12.9. The molecule has 0 bridgehead atoms. The summed E-state index contributed by atoms with van der Waals surface area (Å²) < 4.78 is 0. The summed E-state index contributed by atoms with van der Waals surface area (Å²) in [7, 11) is 0. The molecule has 0 spiro atoms. The lowest BCUT2D eigenvalue weighted by Gasteiger charge is -2.15. The number of halogens is 1. The molecule has 17 heavy (non-hydrogen) atoms. The van der Waals surface area contributed by atoms with Crippen molar-refractivity contribution in [1.82, 2.24) is 5.32 Å². The van der Waals surface area contributed by atoms with Crippen LogP contribution >= 0.6 is 22.9 Å². The van der Waals surface area contributed by atoms with Crippen LogP contribution < -0.4 is 11.1 Å². The van der Waals surface area contributed by atoms with Crippen LogP contribution in [0.3, 0.4) is 0 Å². The van der Waals surface area contributed by atoms with E-state index in [2.05, 4.69) is 5.32 Å². The van der Waals surface area contributed by atoms with Crippen molar-refractivity contribution < 1.29 is 4.79 Å². The average Bonchev–Trinajstić information content (AvgIpc) is 3.07. The van der Waals surface area contributed by atoms with Gasteiger partial charge in [0.05, 0.1) is 5.02 Å². The second-order valence-electron chi connectivity index (χ2n) is 4.48. The van der Waals surface area contributed by atoms with Gasteiger partial charge in [0.1, 0.15) is 0 Å². The summed E-state index contributed by atoms with van der Waals surface area (Å²) in [5.41, 5.74) is 5.64. The summed E-state index contributed by atoms with van der Waals surface area (Å²) in [5, 5.41) is 5.66. The first-order valence-electron chi connectivity index (χ1n) is 5.91. The van der Waals surface area contributed by atoms with E-state index in [0.717, 1.165) is 16.3 Å². The number of thiophene rings is 1. The Morgan fingerprint density at radius 3 is 2.94 bits per heavy atom. The highest BCUT2D eigenvalue weighted by molar-refractivity contribution is 7.10. The maximum absolute atomic E-state index is 11.7. The zero-order valence-corrected chi connectivity index (χ0v) is 11.2. The number of hydrogen-bond donors (Lipinski definition) is 2. The Morgan fingerprint density at radius 2 is 2.41 bits per heavy atom. The maximum atomic E-state index is 11.7. The number of aryl methyl sites for hydroxylation is 1. The molecular formula is C12H17ClN2OS. The number of carbonyl (C=O) groups excluding carboxylic acids is 1. The first kappa shape index (κ1) is 12.9. The molecule has 1 amide bonds. The minimum Gasteiger partial charge on any atom is -0.352 e. The molecule has 5 heteroatoms. The maximum Gasteiger partial charge on any atom is 0.220 e. The fraction of sp³-hybridized carbons (Fsp3) is 0.583. The van der Waals surface area contributed by atoms with Gasteiger partial charge in [-0.1, -0.05) is 11.6 Å². The van der Waals surface area contributed by atoms with Gasteiger partial charge in [0.25, 0.3) is 0 Å². The van der Waals surface area contributed by atoms with Crippen LogP contribution in [0.1, 0.15) is 24.1 Å². The Morgan fingerprint density at radius 1 is 1.65 bits per heavy atom. The Kier molecular flexibility index (Phi) is 4.42. The van der Waals surface area contributed by atoms with Crippen LogP contribution in [0.25, 0.3) is 0 Å². The van der Waals surface area contributed by atoms with Gasteiger partial charge >= 0.3 is 0 Å². The second-order valence-corrected chi connectivity index (χ2v) is 5.91. The minimum atomic E-state index is 0.0943. The molecule has 1 aromatic heterocycles. The van der Waals surface area contributed by atoms with Gasteiger partial charge in [-0.2, -0.15) is 0 Å². The van der Waals surface area contributed by atoms with Crippen LogP contribution in [0.2, 0.25) is 5.02 Å². The average molecular weight is 273 g/mol. The Hall–Kier alpha value is -0.580. The number of nitrogens with two attached hydrogens (primary N) is 1. The molecule has 94 valence electrons. The van der Waals surface area contributed by atoms with Crippen molar-refractivity contribution >= 4 is 28.8 Å². The molecule has 1 unspecified atom stereocenters. The standard InChI is InChI=1S/C12H17ClN2OS/c13-9-5-10(17-7-9)3-4-12(16)15-11(6-14)8-1-2-8/h5,7-8,11H,1-4,6,14H2,(H,15,16). The molecule has 3 N–H and O–H groups in total. The van der Waals surface area contributed by atoms with Gasteiger partial charge in [-0.25, -0.2) is 0 Å². The van der Waals surface area contributed by atoms with Crippen molar-refractivity contribution in [3.05, 3.63) is 21.3 Å². The van der Waals surface area contributed by atoms with Crippen LogP contribution in [0.5, 0.6) is 0 Å². The predicted octanol–water partition coefficient (Wildman–Crippen LogP) is 2.19. The van der Waals surface area contributed by atoms with E-state index in [1.165, 1.54) is 12.8 Å². The molecule has 0 saturated heterocycles. The number of carbonyl (C=O) groups is 1. The van der Waals surface area contributed by atoms with Crippen LogP contribution in [0.4, 0.5) is 0 Å². The van der Waals surface area contributed by atoms with Crippen LogP contribution in [0, 0.1) is 5.92 Å². The Bertz CT molecular complexity index is 390. The molecule has 1 aliphatic carbocycles. The van der Waals surface area contributed by atoms with Gasteiger partial charge in [0.15, 0.2) is 0 Å². The molecular weight excluding hydrogens is 256 g/mol. The largest absolute Gasteiger partial charge is 0.352 e. The smallest absolute Gasteiger partial charge is 0.220 e.